The minimum Gasteiger partial charge on any atom is -0.384 e. The summed E-state index contributed by atoms with van der Waals surface area (Å²) >= 11 is 0. The number of carbonyl (C=O) groups excluding carboxylic acids is 1. The first-order valence-corrected chi connectivity index (χ1v) is 7.78. The van der Waals surface area contributed by atoms with Crippen molar-refractivity contribution in [2.24, 2.45) is 5.41 Å². The molecule has 23 heavy (non-hydrogen) atoms. The van der Waals surface area contributed by atoms with Crippen LogP contribution in [0.1, 0.15) is 52.5 Å². The summed E-state index contributed by atoms with van der Waals surface area (Å²) in [5, 5.41) is 2.96. The van der Waals surface area contributed by atoms with Gasteiger partial charge < -0.3 is 5.73 Å². The quantitative estimate of drug-likeness (QED) is 0.897. The van der Waals surface area contributed by atoms with Crippen LogP contribution in [0.4, 0.5) is 11.8 Å². The van der Waals surface area contributed by atoms with Crippen LogP contribution in [0.25, 0.3) is 11.2 Å². The number of amides is 1. The largest absolute Gasteiger partial charge is 0.384 e. The first kappa shape index (κ1) is 17.5. The highest BCUT2D eigenvalue weighted by atomic mass is 35.5. The van der Waals surface area contributed by atoms with Crippen LogP contribution in [0.2, 0.25) is 0 Å². The zero-order chi connectivity index (χ0) is 15.9. The number of nitrogens with one attached hydrogen (secondary N) is 1. The second kappa shape index (κ2) is 6.35. The molecule has 1 saturated carbocycles. The van der Waals surface area contributed by atoms with E-state index in [1.807, 2.05) is 31.4 Å². The molecule has 7 heteroatoms. The predicted octanol–water partition coefficient (Wildman–Crippen LogP) is 3.54. The van der Waals surface area contributed by atoms with Gasteiger partial charge >= 0.3 is 0 Å². The molecule has 126 valence electrons. The third-order valence-electron chi connectivity index (χ3n) is 3.94. The summed E-state index contributed by atoms with van der Waals surface area (Å²) in [7, 11) is 0. The third-order valence-corrected chi connectivity index (χ3v) is 3.94. The fourth-order valence-electron chi connectivity index (χ4n) is 2.72. The number of nitrogen functional groups attached to an aromatic ring is 1. The molecule has 1 aliphatic carbocycles. The van der Waals surface area contributed by atoms with Gasteiger partial charge in [0, 0.05) is 12.5 Å². The van der Waals surface area contributed by atoms with E-state index in [-0.39, 0.29) is 23.7 Å². The molecule has 0 spiro atoms. The van der Waals surface area contributed by atoms with Crippen molar-refractivity contribution in [2.45, 2.75) is 52.5 Å². The molecule has 3 rings (SSSR count). The molecule has 2 aromatic rings. The number of halogens is 1. The summed E-state index contributed by atoms with van der Waals surface area (Å²) in [6.45, 7) is 6.14. The highest BCUT2D eigenvalue weighted by molar-refractivity contribution is 5.91. The van der Waals surface area contributed by atoms with Crippen LogP contribution in [0.3, 0.4) is 0 Å². The first-order valence-electron chi connectivity index (χ1n) is 7.78. The number of carbonyl (C=O) groups is 1. The van der Waals surface area contributed by atoms with Crippen molar-refractivity contribution in [1.82, 2.24) is 14.5 Å². The average molecular weight is 338 g/mol. The Labute approximate surface area is 142 Å². The van der Waals surface area contributed by atoms with Crippen molar-refractivity contribution in [3.63, 3.8) is 0 Å². The number of imidazole rings is 1. The summed E-state index contributed by atoms with van der Waals surface area (Å²) in [6, 6.07) is 3.94. The summed E-state index contributed by atoms with van der Waals surface area (Å²) in [6.07, 6.45) is 3.83. The van der Waals surface area contributed by atoms with Gasteiger partial charge in [0.25, 0.3) is 0 Å². The summed E-state index contributed by atoms with van der Waals surface area (Å²) < 4.78 is 2.04. The van der Waals surface area contributed by atoms with Gasteiger partial charge in [0.05, 0.1) is 0 Å². The van der Waals surface area contributed by atoms with Crippen LogP contribution in [0.5, 0.6) is 0 Å². The zero-order valence-electron chi connectivity index (χ0n) is 13.8. The number of pyridine rings is 1. The zero-order valence-corrected chi connectivity index (χ0v) is 14.6. The number of hydrogen-bond acceptors (Lipinski definition) is 4. The van der Waals surface area contributed by atoms with Crippen LogP contribution >= 0.6 is 12.4 Å². The molecule has 1 amide bonds. The topological polar surface area (TPSA) is 85.8 Å². The summed E-state index contributed by atoms with van der Waals surface area (Å²) in [5.41, 5.74) is 7.28. The smallest absolute Gasteiger partial charge is 0.227 e. The Bertz CT molecular complexity index is 715. The maximum atomic E-state index is 12.2. The first-order chi connectivity index (χ1) is 10.3. The van der Waals surface area contributed by atoms with Gasteiger partial charge in [0.1, 0.15) is 11.3 Å². The Morgan fingerprint density at radius 3 is 2.61 bits per heavy atom. The Morgan fingerprint density at radius 2 is 2.04 bits per heavy atom. The second-order valence-corrected chi connectivity index (χ2v) is 7.25. The lowest BCUT2D eigenvalue weighted by atomic mass is 9.92. The van der Waals surface area contributed by atoms with Crippen molar-refractivity contribution >= 4 is 41.2 Å². The van der Waals surface area contributed by atoms with Crippen LogP contribution < -0.4 is 11.1 Å². The van der Waals surface area contributed by atoms with Gasteiger partial charge in [-0.1, -0.05) is 20.8 Å². The molecule has 0 aliphatic heterocycles. The molecule has 3 N–H and O–H groups in total. The van der Waals surface area contributed by atoms with E-state index in [1.165, 1.54) is 6.42 Å². The standard InChI is InChI=1S/C16H23N5O.ClH/c1-16(2,3)9-13(22)20-15-18-11-7-8-12(17)19-14(11)21(15)10-5-4-6-10;/h7-8,10H,4-6,9H2,1-3H3,(H2,17,19)(H,18,20,22);1H. The Balaban J connectivity index is 0.00000192. The normalized spacial score (nSPS) is 15.1. The molecule has 1 fully saturated rings. The van der Waals surface area contributed by atoms with E-state index in [0.29, 0.717) is 24.2 Å². The molecule has 2 heterocycles. The molecule has 0 saturated heterocycles. The lowest BCUT2D eigenvalue weighted by Crippen LogP contribution is -2.24. The number of anilines is 2. The predicted molar refractivity (Wildman–Crippen MR) is 94.8 cm³/mol. The molecule has 0 radical (unpaired) electrons. The van der Waals surface area contributed by atoms with Crippen LogP contribution in [-0.4, -0.2) is 20.4 Å². The fraction of sp³-hybridized carbons (Fsp3) is 0.562. The van der Waals surface area contributed by atoms with E-state index in [0.717, 1.165) is 24.0 Å². The van der Waals surface area contributed by atoms with E-state index < -0.39 is 0 Å². The maximum Gasteiger partial charge on any atom is 0.227 e. The number of nitrogens with zero attached hydrogens (tertiary/aromatic N) is 3. The highest BCUT2D eigenvalue weighted by Gasteiger charge is 2.27. The van der Waals surface area contributed by atoms with Gasteiger partial charge in [0.2, 0.25) is 11.9 Å². The van der Waals surface area contributed by atoms with Crippen LogP contribution in [0, 0.1) is 5.41 Å². The van der Waals surface area contributed by atoms with Crippen molar-refractivity contribution in [3.8, 4) is 0 Å². The van der Waals surface area contributed by atoms with E-state index in [1.54, 1.807) is 6.07 Å². The van der Waals surface area contributed by atoms with Crippen molar-refractivity contribution < 1.29 is 4.79 Å². The van der Waals surface area contributed by atoms with E-state index in [9.17, 15) is 4.79 Å². The number of rotatable bonds is 3. The maximum absolute atomic E-state index is 12.2. The minimum atomic E-state index is -0.0555. The Hall–Kier alpha value is -1.82. The Kier molecular flexibility index (Phi) is 4.84. The monoisotopic (exact) mass is 337 g/mol. The number of fused-ring (bicyclic) bond motifs is 1. The number of hydrogen-bond donors (Lipinski definition) is 2. The summed E-state index contributed by atoms with van der Waals surface area (Å²) in [4.78, 5) is 21.2. The van der Waals surface area contributed by atoms with Gasteiger partial charge in [-0.05, 0) is 36.8 Å². The number of nitrogens with two attached hydrogens (primary N) is 1. The van der Waals surface area contributed by atoms with Gasteiger partial charge in [0.15, 0.2) is 5.65 Å². The van der Waals surface area contributed by atoms with Gasteiger partial charge in [-0.25, -0.2) is 9.97 Å². The molecular weight excluding hydrogens is 314 g/mol. The van der Waals surface area contributed by atoms with E-state index in [2.05, 4.69) is 15.3 Å². The molecule has 0 bridgehead atoms. The Morgan fingerprint density at radius 1 is 1.35 bits per heavy atom. The van der Waals surface area contributed by atoms with Crippen LogP contribution in [0.15, 0.2) is 12.1 Å². The van der Waals surface area contributed by atoms with Crippen LogP contribution in [-0.2, 0) is 4.79 Å². The van der Waals surface area contributed by atoms with Crippen molar-refractivity contribution in [2.75, 3.05) is 11.1 Å². The molecule has 0 unspecified atom stereocenters. The van der Waals surface area contributed by atoms with Gasteiger partial charge in [-0.2, -0.15) is 0 Å². The lowest BCUT2D eigenvalue weighted by Gasteiger charge is -2.28. The molecule has 0 atom stereocenters. The third kappa shape index (κ3) is 3.75. The lowest BCUT2D eigenvalue weighted by molar-refractivity contribution is -0.117. The van der Waals surface area contributed by atoms with E-state index >= 15 is 0 Å². The molecule has 0 aromatic carbocycles. The average Bonchev–Trinajstić information content (AvgIpc) is 2.63. The van der Waals surface area contributed by atoms with Gasteiger partial charge in [-0.15, -0.1) is 12.4 Å². The second-order valence-electron chi connectivity index (χ2n) is 7.25. The molecular formula is C16H24ClN5O. The summed E-state index contributed by atoms with van der Waals surface area (Å²) in [5.74, 6) is 1.05. The highest BCUT2D eigenvalue weighted by Crippen LogP contribution is 2.37. The number of aromatic nitrogens is 3. The van der Waals surface area contributed by atoms with Gasteiger partial charge in [-0.3, -0.25) is 14.7 Å². The SMILES string of the molecule is CC(C)(C)CC(=O)Nc1nc2ccc(N)nc2n1C1CCC1.Cl. The molecule has 2 aromatic heterocycles. The molecule has 6 nitrogen and oxygen atoms in total. The van der Waals surface area contributed by atoms with Crippen molar-refractivity contribution in [3.05, 3.63) is 12.1 Å². The molecule has 1 aliphatic rings. The van der Waals surface area contributed by atoms with E-state index in [4.69, 9.17) is 5.73 Å². The minimum absolute atomic E-state index is 0. The van der Waals surface area contributed by atoms with Crippen molar-refractivity contribution in [1.29, 1.82) is 0 Å². The fourth-order valence-corrected chi connectivity index (χ4v) is 2.72.